The molecule has 0 bridgehead atoms. The first-order valence-corrected chi connectivity index (χ1v) is 10.7. The van der Waals surface area contributed by atoms with E-state index in [0.717, 1.165) is 10.5 Å². The van der Waals surface area contributed by atoms with Crippen molar-refractivity contribution >= 4 is 58.1 Å². The van der Waals surface area contributed by atoms with Gasteiger partial charge in [0, 0.05) is 5.69 Å². The van der Waals surface area contributed by atoms with Gasteiger partial charge in [-0.2, -0.15) is 0 Å². The summed E-state index contributed by atoms with van der Waals surface area (Å²) >= 11 is 6.87. The van der Waals surface area contributed by atoms with Gasteiger partial charge < -0.3 is 19.9 Å². The van der Waals surface area contributed by atoms with Crippen LogP contribution in [0.5, 0.6) is 11.5 Å². The van der Waals surface area contributed by atoms with E-state index in [-0.39, 0.29) is 21.4 Å². The van der Waals surface area contributed by atoms with E-state index in [1.165, 1.54) is 25.3 Å². The van der Waals surface area contributed by atoms with E-state index >= 15 is 0 Å². The summed E-state index contributed by atoms with van der Waals surface area (Å²) in [4.78, 5) is 49.1. The van der Waals surface area contributed by atoms with Crippen LogP contribution < -0.4 is 14.8 Å². The van der Waals surface area contributed by atoms with E-state index in [4.69, 9.17) is 26.2 Å². The minimum absolute atomic E-state index is 0.0413. The van der Waals surface area contributed by atoms with Crippen LogP contribution in [0.2, 0.25) is 5.02 Å². The topological polar surface area (TPSA) is 122 Å². The molecule has 0 radical (unpaired) electrons. The van der Waals surface area contributed by atoms with Gasteiger partial charge in [0.15, 0.2) is 18.1 Å². The Balaban J connectivity index is 1.75. The molecule has 1 aliphatic rings. The number of imide groups is 1. The van der Waals surface area contributed by atoms with E-state index < -0.39 is 36.2 Å². The normalized spacial score (nSPS) is 14.5. The van der Waals surface area contributed by atoms with E-state index in [1.807, 2.05) is 13.0 Å². The first kappa shape index (κ1) is 24.1. The number of nitrogens with zero attached hydrogens (tertiary/aromatic N) is 1. The molecule has 0 unspecified atom stereocenters. The highest BCUT2D eigenvalue weighted by molar-refractivity contribution is 8.18. The van der Waals surface area contributed by atoms with Crippen LogP contribution in [0.15, 0.2) is 41.3 Å². The summed E-state index contributed by atoms with van der Waals surface area (Å²) in [5.74, 6) is -2.11. The Hall–Kier alpha value is -3.50. The van der Waals surface area contributed by atoms with Crippen LogP contribution in [0.25, 0.3) is 6.08 Å². The van der Waals surface area contributed by atoms with Crippen molar-refractivity contribution in [2.75, 3.05) is 25.6 Å². The monoisotopic (exact) mass is 490 g/mol. The number of benzene rings is 2. The summed E-state index contributed by atoms with van der Waals surface area (Å²) in [7, 11) is 1.35. The van der Waals surface area contributed by atoms with Gasteiger partial charge in [-0.05, 0) is 60.2 Å². The summed E-state index contributed by atoms with van der Waals surface area (Å²) in [6.45, 7) is 0.837. The van der Waals surface area contributed by atoms with Crippen LogP contribution >= 0.6 is 23.4 Å². The number of anilines is 1. The van der Waals surface area contributed by atoms with Gasteiger partial charge in [-0.25, -0.2) is 4.79 Å². The smallest absolute Gasteiger partial charge is 0.341 e. The summed E-state index contributed by atoms with van der Waals surface area (Å²) in [6.07, 6.45) is 1.43. The number of thioether (sulfide) groups is 1. The first-order chi connectivity index (χ1) is 15.7. The fourth-order valence-corrected chi connectivity index (χ4v) is 4.06. The number of carbonyl (C=O) groups is 4. The molecule has 11 heteroatoms. The number of carboxylic acids is 1. The highest BCUT2D eigenvalue weighted by Gasteiger charge is 2.36. The summed E-state index contributed by atoms with van der Waals surface area (Å²) < 4.78 is 10.3. The molecule has 0 spiro atoms. The zero-order chi connectivity index (χ0) is 24.1. The fraction of sp³-hybridized carbons (Fsp3) is 0.182. The number of carbonyl (C=O) groups excluding carboxylic acids is 3. The Kier molecular flexibility index (Phi) is 7.62. The Labute approximate surface area is 198 Å². The molecule has 0 atom stereocenters. The molecule has 2 N–H and O–H groups in total. The predicted octanol–water partition coefficient (Wildman–Crippen LogP) is 3.80. The molecule has 9 nitrogen and oxygen atoms in total. The second-order valence-corrected chi connectivity index (χ2v) is 8.30. The average Bonchev–Trinajstić information content (AvgIpc) is 2.99. The zero-order valence-electron chi connectivity index (χ0n) is 17.6. The largest absolute Gasteiger partial charge is 0.493 e. The van der Waals surface area contributed by atoms with E-state index in [0.29, 0.717) is 23.0 Å². The lowest BCUT2D eigenvalue weighted by Crippen LogP contribution is -2.36. The number of ether oxygens (including phenoxy) is 2. The van der Waals surface area contributed by atoms with Crippen molar-refractivity contribution in [2.45, 2.75) is 6.92 Å². The lowest BCUT2D eigenvalue weighted by molar-refractivity contribution is -0.139. The van der Waals surface area contributed by atoms with Crippen molar-refractivity contribution in [1.82, 2.24) is 4.90 Å². The van der Waals surface area contributed by atoms with Crippen molar-refractivity contribution in [3.63, 3.8) is 0 Å². The second-order valence-electron chi connectivity index (χ2n) is 6.90. The lowest BCUT2D eigenvalue weighted by Gasteiger charge is -2.13. The number of methoxy groups -OCH3 is 1. The maximum Gasteiger partial charge on any atom is 0.341 e. The lowest BCUT2D eigenvalue weighted by atomic mass is 10.1. The molecule has 3 amide bonds. The molecule has 0 saturated carbocycles. The van der Waals surface area contributed by atoms with Gasteiger partial charge in [0.1, 0.15) is 6.54 Å². The molecular weight excluding hydrogens is 472 g/mol. The highest BCUT2D eigenvalue weighted by Crippen LogP contribution is 2.39. The first-order valence-electron chi connectivity index (χ1n) is 9.52. The van der Waals surface area contributed by atoms with E-state index in [1.54, 1.807) is 18.2 Å². The van der Waals surface area contributed by atoms with Gasteiger partial charge in [-0.1, -0.05) is 23.7 Å². The molecule has 1 aliphatic heterocycles. The van der Waals surface area contributed by atoms with Crippen LogP contribution in [0.3, 0.4) is 0 Å². The quantitative estimate of drug-likeness (QED) is 0.536. The number of amides is 3. The molecule has 3 rings (SSSR count). The van der Waals surface area contributed by atoms with Gasteiger partial charge in [0.05, 0.1) is 17.0 Å². The zero-order valence-corrected chi connectivity index (χ0v) is 19.2. The van der Waals surface area contributed by atoms with Crippen molar-refractivity contribution in [3.05, 3.63) is 57.5 Å². The number of hydrogen-bond acceptors (Lipinski definition) is 7. The maximum absolute atomic E-state index is 12.7. The second kappa shape index (κ2) is 10.4. The molecule has 1 heterocycles. The fourth-order valence-electron chi connectivity index (χ4n) is 2.95. The Morgan fingerprint density at radius 3 is 2.67 bits per heavy atom. The Morgan fingerprint density at radius 2 is 2.00 bits per heavy atom. The molecule has 2 aromatic carbocycles. The predicted molar refractivity (Wildman–Crippen MR) is 124 cm³/mol. The molecule has 172 valence electrons. The van der Waals surface area contributed by atoms with Crippen LogP contribution in [-0.4, -0.2) is 53.3 Å². The van der Waals surface area contributed by atoms with Crippen LogP contribution in [-0.2, 0) is 14.4 Å². The Bertz CT molecular complexity index is 1170. The molecule has 1 fully saturated rings. The third-order valence-corrected chi connectivity index (χ3v) is 5.55. The number of halogens is 1. The van der Waals surface area contributed by atoms with Crippen molar-refractivity contribution in [2.24, 2.45) is 0 Å². The average molecular weight is 491 g/mol. The highest BCUT2D eigenvalue weighted by atomic mass is 35.5. The van der Waals surface area contributed by atoms with E-state index in [9.17, 15) is 19.2 Å². The molecular formula is C22H19ClN2O7S. The maximum atomic E-state index is 12.7. The minimum atomic E-state index is -1.18. The third-order valence-electron chi connectivity index (χ3n) is 4.37. The Morgan fingerprint density at radius 1 is 1.24 bits per heavy atom. The number of aryl methyl sites for hydroxylation is 1. The standard InChI is InChI=1S/C22H19ClN2O7S/c1-12-4-3-5-14(6-12)24-18(26)10-25-21(29)17(33-22(25)30)9-13-7-15(23)20(16(8-13)31-2)32-11-19(27)28/h3-9H,10-11H2,1-2H3,(H,24,26)(H,27,28). The number of carboxylic acid groups (broad SMARTS) is 1. The van der Waals surface area contributed by atoms with Gasteiger partial charge in [0.2, 0.25) is 5.91 Å². The molecule has 33 heavy (non-hydrogen) atoms. The van der Waals surface area contributed by atoms with Crippen LogP contribution in [0.4, 0.5) is 10.5 Å². The van der Waals surface area contributed by atoms with Crippen molar-refractivity contribution < 1.29 is 33.8 Å². The molecule has 1 saturated heterocycles. The number of rotatable bonds is 8. The number of hydrogen-bond donors (Lipinski definition) is 2. The van der Waals surface area contributed by atoms with Gasteiger partial charge >= 0.3 is 5.97 Å². The summed E-state index contributed by atoms with van der Waals surface area (Å²) in [6, 6.07) is 10.1. The van der Waals surface area contributed by atoms with Gasteiger partial charge in [0.25, 0.3) is 11.1 Å². The number of nitrogens with one attached hydrogen (secondary N) is 1. The van der Waals surface area contributed by atoms with Crippen molar-refractivity contribution in [1.29, 1.82) is 0 Å². The van der Waals surface area contributed by atoms with Gasteiger partial charge in [-0.3, -0.25) is 19.3 Å². The van der Waals surface area contributed by atoms with Crippen LogP contribution in [0.1, 0.15) is 11.1 Å². The number of aliphatic carboxylic acids is 1. The van der Waals surface area contributed by atoms with Crippen LogP contribution in [0, 0.1) is 6.92 Å². The van der Waals surface area contributed by atoms with Gasteiger partial charge in [-0.15, -0.1) is 0 Å². The summed E-state index contributed by atoms with van der Waals surface area (Å²) in [5.41, 5.74) is 1.94. The molecule has 0 aromatic heterocycles. The minimum Gasteiger partial charge on any atom is -0.493 e. The van der Waals surface area contributed by atoms with Crippen molar-refractivity contribution in [3.8, 4) is 11.5 Å². The third kappa shape index (κ3) is 6.05. The van der Waals surface area contributed by atoms with E-state index in [2.05, 4.69) is 5.32 Å². The molecule has 2 aromatic rings. The SMILES string of the molecule is COc1cc(C=C2SC(=O)N(CC(=O)Nc3cccc(C)c3)C2=O)cc(Cl)c1OCC(=O)O. The summed E-state index contributed by atoms with van der Waals surface area (Å²) in [5, 5.41) is 10.9. The molecule has 0 aliphatic carbocycles.